The van der Waals surface area contributed by atoms with Gasteiger partial charge >= 0.3 is 5.97 Å². The summed E-state index contributed by atoms with van der Waals surface area (Å²) in [5.41, 5.74) is 2.63. The third-order valence-corrected chi connectivity index (χ3v) is 6.52. The minimum Gasteiger partial charge on any atom is -0.489 e. The number of esters is 1. The third-order valence-electron chi connectivity index (χ3n) is 5.52. The van der Waals surface area contributed by atoms with Crippen molar-refractivity contribution in [2.24, 2.45) is 4.99 Å². The van der Waals surface area contributed by atoms with Crippen molar-refractivity contribution in [2.45, 2.75) is 20.5 Å². The molecule has 0 N–H and O–H groups in total. The molecule has 3 aromatic rings. The van der Waals surface area contributed by atoms with Crippen LogP contribution in [-0.4, -0.2) is 40.0 Å². The molecule has 1 aliphatic heterocycles. The van der Waals surface area contributed by atoms with Gasteiger partial charge in [-0.25, -0.2) is 9.79 Å². The van der Waals surface area contributed by atoms with Crippen molar-refractivity contribution in [3.63, 3.8) is 0 Å². The van der Waals surface area contributed by atoms with Crippen LogP contribution in [0.25, 0.3) is 6.08 Å². The molecule has 4 rings (SSSR count). The molecule has 9 nitrogen and oxygen atoms in total. The summed E-state index contributed by atoms with van der Waals surface area (Å²) >= 11 is 1.27. The first kappa shape index (κ1) is 26.6. The number of carbonyl (C=O) groups is 2. The predicted molar refractivity (Wildman–Crippen MR) is 146 cm³/mol. The van der Waals surface area contributed by atoms with Crippen LogP contribution < -0.4 is 4.74 Å². The molecular formula is C28H25N3O6S. The molecule has 194 valence electrons. The molecule has 1 saturated heterocycles. The van der Waals surface area contributed by atoms with E-state index in [-0.39, 0.29) is 24.8 Å². The lowest BCUT2D eigenvalue weighted by atomic mass is 10.2. The molecule has 3 aromatic carbocycles. The predicted octanol–water partition coefficient (Wildman–Crippen LogP) is 5.97. The van der Waals surface area contributed by atoms with E-state index in [1.54, 1.807) is 66.4 Å². The monoisotopic (exact) mass is 531 g/mol. The number of ether oxygens (including phenoxy) is 2. The van der Waals surface area contributed by atoms with Gasteiger partial charge in [0.1, 0.15) is 12.4 Å². The number of hydrogen-bond acceptors (Lipinski definition) is 8. The van der Waals surface area contributed by atoms with Crippen LogP contribution in [0, 0.1) is 10.1 Å². The van der Waals surface area contributed by atoms with Crippen molar-refractivity contribution >= 4 is 46.3 Å². The summed E-state index contributed by atoms with van der Waals surface area (Å²) in [4.78, 5) is 42.1. The highest BCUT2D eigenvalue weighted by molar-refractivity contribution is 8.18. The summed E-state index contributed by atoms with van der Waals surface area (Å²) in [7, 11) is 0. The SMILES string of the molecule is CCOC(=O)c1cccc(N=C2SC(=Cc3ccc(OCc4ccc([N+](=O)[O-])cc4)cc3)C(=O)N2CC)c1. The van der Waals surface area contributed by atoms with Crippen molar-refractivity contribution in [3.05, 3.63) is 105 Å². The Bertz CT molecular complexity index is 1400. The van der Waals surface area contributed by atoms with Crippen LogP contribution in [-0.2, 0) is 16.1 Å². The van der Waals surface area contributed by atoms with Crippen molar-refractivity contribution in [1.29, 1.82) is 0 Å². The maximum atomic E-state index is 13.0. The lowest BCUT2D eigenvalue weighted by Gasteiger charge is -2.12. The number of amidine groups is 1. The average molecular weight is 532 g/mol. The molecule has 0 aromatic heterocycles. The van der Waals surface area contributed by atoms with Crippen LogP contribution in [0.2, 0.25) is 0 Å². The van der Waals surface area contributed by atoms with E-state index in [4.69, 9.17) is 9.47 Å². The molecule has 0 saturated carbocycles. The summed E-state index contributed by atoms with van der Waals surface area (Å²) in [5.74, 6) is 0.0731. The van der Waals surface area contributed by atoms with Crippen LogP contribution >= 0.6 is 11.8 Å². The Kier molecular flexibility index (Phi) is 8.55. The van der Waals surface area contributed by atoms with Crippen LogP contribution in [0.4, 0.5) is 11.4 Å². The second-order valence-electron chi connectivity index (χ2n) is 8.11. The van der Waals surface area contributed by atoms with Gasteiger partial charge in [-0.1, -0.05) is 18.2 Å². The van der Waals surface area contributed by atoms with Gasteiger partial charge in [-0.15, -0.1) is 0 Å². The fraction of sp³-hybridized carbons (Fsp3) is 0.179. The quantitative estimate of drug-likeness (QED) is 0.145. The number of benzene rings is 3. The minimum atomic E-state index is -0.441. The van der Waals surface area contributed by atoms with Crippen LogP contribution in [0.3, 0.4) is 0 Å². The number of hydrogen-bond donors (Lipinski definition) is 0. The number of carbonyl (C=O) groups excluding carboxylic acids is 2. The van der Waals surface area contributed by atoms with Crippen LogP contribution in [0.5, 0.6) is 5.75 Å². The van der Waals surface area contributed by atoms with E-state index in [0.717, 1.165) is 11.1 Å². The highest BCUT2D eigenvalue weighted by Crippen LogP contribution is 2.34. The van der Waals surface area contributed by atoms with Crippen molar-refractivity contribution in [2.75, 3.05) is 13.2 Å². The maximum absolute atomic E-state index is 13.0. The zero-order chi connectivity index (χ0) is 27.1. The maximum Gasteiger partial charge on any atom is 0.338 e. The van der Waals surface area contributed by atoms with Gasteiger partial charge in [0.15, 0.2) is 5.17 Å². The number of nitrogens with zero attached hydrogens (tertiary/aromatic N) is 3. The molecule has 0 unspecified atom stereocenters. The Morgan fingerprint density at radius 1 is 1.08 bits per heavy atom. The van der Waals surface area contributed by atoms with Gasteiger partial charge in [-0.05, 0) is 85.3 Å². The standard InChI is InChI=1S/C28H25N3O6S/c1-3-30-26(32)25(38-28(30)29-22-7-5-6-21(17-22)27(33)36-4-2)16-19-10-14-24(15-11-19)37-18-20-8-12-23(13-9-20)31(34)35/h5-17H,3-4,18H2,1-2H3. The molecular weight excluding hydrogens is 506 g/mol. The summed E-state index contributed by atoms with van der Waals surface area (Å²) < 4.78 is 10.8. The molecule has 1 aliphatic rings. The fourth-order valence-electron chi connectivity index (χ4n) is 3.59. The van der Waals surface area contributed by atoms with E-state index in [9.17, 15) is 19.7 Å². The number of nitro groups is 1. The van der Waals surface area contributed by atoms with Crippen molar-refractivity contribution in [1.82, 2.24) is 4.90 Å². The normalized spacial score (nSPS) is 15.2. The van der Waals surface area contributed by atoms with Crippen LogP contribution in [0.1, 0.15) is 35.3 Å². The molecule has 0 radical (unpaired) electrons. The molecule has 1 heterocycles. The Morgan fingerprint density at radius 2 is 1.82 bits per heavy atom. The first-order chi connectivity index (χ1) is 18.4. The van der Waals surface area contributed by atoms with Gasteiger partial charge in [-0.3, -0.25) is 19.8 Å². The second-order valence-corrected chi connectivity index (χ2v) is 9.12. The lowest BCUT2D eigenvalue weighted by molar-refractivity contribution is -0.384. The highest BCUT2D eigenvalue weighted by Gasteiger charge is 2.32. The Balaban J connectivity index is 1.45. The molecule has 1 fully saturated rings. The van der Waals surface area contributed by atoms with Gasteiger partial charge in [0.05, 0.1) is 27.7 Å². The third kappa shape index (κ3) is 6.46. The van der Waals surface area contributed by atoms with Crippen LogP contribution in [0.15, 0.2) is 82.7 Å². The van der Waals surface area contributed by atoms with E-state index in [1.807, 2.05) is 19.1 Å². The number of non-ortho nitro benzene ring substituents is 1. The number of thioether (sulfide) groups is 1. The molecule has 10 heteroatoms. The molecule has 0 spiro atoms. The number of aliphatic imine (C=N–C) groups is 1. The number of likely N-dealkylation sites (N-methyl/N-ethyl adjacent to an activating group) is 1. The minimum absolute atomic E-state index is 0.0329. The fourth-order valence-corrected chi connectivity index (χ4v) is 4.65. The van der Waals surface area contributed by atoms with Gasteiger partial charge in [-0.2, -0.15) is 0 Å². The Labute approximate surface area is 223 Å². The summed E-state index contributed by atoms with van der Waals surface area (Å²) in [5, 5.41) is 11.3. The van der Waals surface area contributed by atoms with Crippen molar-refractivity contribution in [3.8, 4) is 5.75 Å². The molecule has 0 bridgehead atoms. The van der Waals surface area contributed by atoms with Gasteiger partial charge in [0.2, 0.25) is 0 Å². The lowest BCUT2D eigenvalue weighted by Crippen LogP contribution is -2.28. The summed E-state index contributed by atoms with van der Waals surface area (Å²) in [6, 6.07) is 20.3. The summed E-state index contributed by atoms with van der Waals surface area (Å²) in [6.07, 6.45) is 1.80. The second kappa shape index (κ2) is 12.2. The highest BCUT2D eigenvalue weighted by atomic mass is 32.2. The Morgan fingerprint density at radius 3 is 2.47 bits per heavy atom. The molecule has 0 atom stereocenters. The zero-order valence-corrected chi connectivity index (χ0v) is 21.6. The van der Waals surface area contributed by atoms with E-state index in [2.05, 4.69) is 4.99 Å². The Hall–Kier alpha value is -4.44. The van der Waals surface area contributed by atoms with E-state index in [1.165, 1.54) is 23.9 Å². The molecule has 1 amide bonds. The molecule has 38 heavy (non-hydrogen) atoms. The van der Waals surface area contributed by atoms with Crippen molar-refractivity contribution < 1.29 is 24.0 Å². The zero-order valence-electron chi connectivity index (χ0n) is 20.8. The topological polar surface area (TPSA) is 111 Å². The summed E-state index contributed by atoms with van der Waals surface area (Å²) in [6.45, 7) is 4.64. The molecule has 0 aliphatic carbocycles. The van der Waals surface area contributed by atoms with E-state index in [0.29, 0.717) is 33.6 Å². The van der Waals surface area contributed by atoms with Gasteiger partial charge in [0.25, 0.3) is 11.6 Å². The van der Waals surface area contributed by atoms with E-state index >= 15 is 0 Å². The smallest absolute Gasteiger partial charge is 0.338 e. The van der Waals surface area contributed by atoms with E-state index < -0.39 is 10.9 Å². The first-order valence-corrected chi connectivity index (χ1v) is 12.7. The number of amides is 1. The largest absolute Gasteiger partial charge is 0.489 e. The van der Waals surface area contributed by atoms with Gasteiger partial charge < -0.3 is 9.47 Å². The average Bonchev–Trinajstić information content (AvgIpc) is 3.21. The number of nitro benzene ring substituents is 1. The number of rotatable bonds is 9. The first-order valence-electron chi connectivity index (χ1n) is 11.9. The van der Waals surface area contributed by atoms with Gasteiger partial charge in [0, 0.05) is 18.7 Å².